The van der Waals surface area contributed by atoms with Crippen LogP contribution in [0.5, 0.6) is 0 Å². The minimum absolute atomic E-state index is 0.172. The number of amides is 1. The van der Waals surface area contributed by atoms with Crippen LogP contribution in [0.2, 0.25) is 0 Å². The van der Waals surface area contributed by atoms with E-state index in [2.05, 4.69) is 21.9 Å². The highest BCUT2D eigenvalue weighted by atomic mass is 16.5. The molecule has 0 aromatic carbocycles. The predicted molar refractivity (Wildman–Crippen MR) is 83.3 cm³/mol. The third-order valence-corrected chi connectivity index (χ3v) is 4.86. The Labute approximate surface area is 131 Å². The molecule has 3 rings (SSSR count). The van der Waals surface area contributed by atoms with E-state index in [1.165, 1.54) is 6.42 Å². The van der Waals surface area contributed by atoms with Crippen molar-refractivity contribution in [2.75, 3.05) is 39.9 Å². The van der Waals surface area contributed by atoms with E-state index in [1.807, 2.05) is 11.1 Å². The predicted octanol–water partition coefficient (Wildman–Crippen LogP) is 1.43. The first-order chi connectivity index (χ1) is 10.7. The van der Waals surface area contributed by atoms with Gasteiger partial charge in [0.05, 0.1) is 6.04 Å². The van der Waals surface area contributed by atoms with E-state index in [0.717, 1.165) is 51.5 Å². The summed E-state index contributed by atoms with van der Waals surface area (Å²) in [5.41, 5.74) is 0. The topological polar surface area (TPSA) is 61.5 Å². The maximum Gasteiger partial charge on any atom is 0.222 e. The van der Waals surface area contributed by atoms with Crippen LogP contribution < -0.4 is 0 Å². The second-order valence-corrected chi connectivity index (χ2v) is 6.43. The van der Waals surface area contributed by atoms with E-state index in [0.29, 0.717) is 12.3 Å². The average Bonchev–Trinajstić information content (AvgIpc) is 3.08. The minimum atomic E-state index is 0.172. The molecule has 6 heteroatoms. The maximum absolute atomic E-state index is 12.5. The molecule has 122 valence electrons. The molecule has 1 aromatic rings. The van der Waals surface area contributed by atoms with Gasteiger partial charge in [0.25, 0.3) is 0 Å². The number of nitrogens with zero attached hydrogens (tertiary/aromatic N) is 3. The summed E-state index contributed by atoms with van der Waals surface area (Å²) in [4.78, 5) is 24.3. The van der Waals surface area contributed by atoms with Crippen LogP contribution in [0, 0.1) is 5.92 Å². The number of hydrogen-bond acceptors (Lipinski definition) is 4. The fourth-order valence-corrected chi connectivity index (χ4v) is 3.38. The van der Waals surface area contributed by atoms with Gasteiger partial charge in [-0.15, -0.1) is 0 Å². The van der Waals surface area contributed by atoms with Crippen molar-refractivity contribution < 1.29 is 9.53 Å². The Kier molecular flexibility index (Phi) is 5.10. The van der Waals surface area contributed by atoms with Crippen molar-refractivity contribution in [3.63, 3.8) is 0 Å². The summed E-state index contributed by atoms with van der Waals surface area (Å²) in [6.07, 6.45) is 7.54. The van der Waals surface area contributed by atoms with Gasteiger partial charge < -0.3 is 14.6 Å². The van der Waals surface area contributed by atoms with E-state index in [9.17, 15) is 4.79 Å². The summed E-state index contributed by atoms with van der Waals surface area (Å²) in [7, 11) is 2.09. The lowest BCUT2D eigenvalue weighted by atomic mass is 9.96. The number of aromatic amines is 1. The molecule has 1 amide bonds. The second-order valence-electron chi connectivity index (χ2n) is 6.43. The van der Waals surface area contributed by atoms with Crippen LogP contribution in [0.4, 0.5) is 0 Å². The number of hydrogen-bond donors (Lipinski definition) is 1. The molecule has 0 bridgehead atoms. The molecule has 2 saturated heterocycles. The first-order valence-corrected chi connectivity index (χ1v) is 8.29. The Bertz CT molecular complexity index is 471. The van der Waals surface area contributed by atoms with Crippen molar-refractivity contribution in [1.29, 1.82) is 0 Å². The van der Waals surface area contributed by atoms with Crippen LogP contribution in [0.25, 0.3) is 0 Å². The molecule has 0 radical (unpaired) electrons. The molecule has 2 aliphatic heterocycles. The molecule has 6 nitrogen and oxygen atoms in total. The normalized spacial score (nSPS) is 27.0. The fourth-order valence-electron chi connectivity index (χ4n) is 3.38. The number of nitrogens with one attached hydrogen (secondary N) is 1. The van der Waals surface area contributed by atoms with Gasteiger partial charge in [0.1, 0.15) is 5.82 Å². The number of carbonyl (C=O) groups is 1. The lowest BCUT2D eigenvalue weighted by Gasteiger charge is -2.38. The Hall–Kier alpha value is -1.40. The van der Waals surface area contributed by atoms with Crippen LogP contribution in [0.1, 0.15) is 37.5 Å². The van der Waals surface area contributed by atoms with Gasteiger partial charge in [-0.3, -0.25) is 9.69 Å². The van der Waals surface area contributed by atoms with Gasteiger partial charge in [-0.2, -0.15) is 0 Å². The molecule has 3 heterocycles. The van der Waals surface area contributed by atoms with Crippen molar-refractivity contribution in [3.8, 4) is 0 Å². The van der Waals surface area contributed by atoms with Gasteiger partial charge in [-0.25, -0.2) is 4.98 Å². The first kappa shape index (κ1) is 15.5. The highest BCUT2D eigenvalue weighted by Crippen LogP contribution is 2.23. The van der Waals surface area contributed by atoms with Gasteiger partial charge in [0.15, 0.2) is 0 Å². The van der Waals surface area contributed by atoms with Crippen LogP contribution in [-0.4, -0.2) is 65.6 Å². The molecule has 1 N–H and O–H groups in total. The molecule has 2 aliphatic rings. The number of piperazine rings is 1. The van der Waals surface area contributed by atoms with Crippen molar-refractivity contribution in [1.82, 2.24) is 19.8 Å². The quantitative estimate of drug-likeness (QED) is 0.914. The molecule has 2 atom stereocenters. The third-order valence-electron chi connectivity index (χ3n) is 4.86. The molecule has 1 aromatic heterocycles. The van der Waals surface area contributed by atoms with Crippen LogP contribution in [0.15, 0.2) is 12.4 Å². The summed E-state index contributed by atoms with van der Waals surface area (Å²) in [6, 6.07) is 0.172. The molecular weight excluding hydrogens is 280 g/mol. The summed E-state index contributed by atoms with van der Waals surface area (Å²) in [5, 5.41) is 0. The fraction of sp³-hybridized carbons (Fsp3) is 0.750. The Morgan fingerprint density at radius 3 is 3.14 bits per heavy atom. The van der Waals surface area contributed by atoms with Gasteiger partial charge in [0.2, 0.25) is 5.91 Å². The average molecular weight is 306 g/mol. The van der Waals surface area contributed by atoms with Crippen LogP contribution >= 0.6 is 0 Å². The molecular formula is C16H26N4O2. The number of rotatable bonds is 4. The SMILES string of the molecule is CN1CCN(C(=O)CC[C@@H]2CCCOC2)C[C@H]1c1ncc[nH]1. The number of aromatic nitrogens is 2. The number of H-pyrrole nitrogens is 1. The summed E-state index contributed by atoms with van der Waals surface area (Å²) < 4.78 is 5.50. The summed E-state index contributed by atoms with van der Waals surface area (Å²) in [5.74, 6) is 1.78. The van der Waals surface area contributed by atoms with E-state index in [4.69, 9.17) is 4.74 Å². The minimum Gasteiger partial charge on any atom is -0.381 e. The molecule has 0 unspecified atom stereocenters. The van der Waals surface area contributed by atoms with Gasteiger partial charge in [-0.1, -0.05) is 0 Å². The van der Waals surface area contributed by atoms with Gasteiger partial charge >= 0.3 is 0 Å². The van der Waals surface area contributed by atoms with E-state index < -0.39 is 0 Å². The smallest absolute Gasteiger partial charge is 0.222 e. The zero-order chi connectivity index (χ0) is 15.4. The van der Waals surface area contributed by atoms with Crippen molar-refractivity contribution >= 4 is 5.91 Å². The maximum atomic E-state index is 12.5. The summed E-state index contributed by atoms with van der Waals surface area (Å²) in [6.45, 7) is 4.14. The zero-order valence-corrected chi connectivity index (χ0v) is 13.3. The first-order valence-electron chi connectivity index (χ1n) is 8.29. The number of ether oxygens (including phenoxy) is 1. The lowest BCUT2D eigenvalue weighted by molar-refractivity contribution is -0.134. The molecule has 2 fully saturated rings. The van der Waals surface area contributed by atoms with E-state index in [-0.39, 0.29) is 11.9 Å². The van der Waals surface area contributed by atoms with Gasteiger partial charge in [0, 0.05) is 51.7 Å². The highest BCUT2D eigenvalue weighted by molar-refractivity contribution is 5.76. The summed E-state index contributed by atoms with van der Waals surface area (Å²) >= 11 is 0. The largest absolute Gasteiger partial charge is 0.381 e. The highest BCUT2D eigenvalue weighted by Gasteiger charge is 2.30. The van der Waals surface area contributed by atoms with E-state index in [1.54, 1.807) is 6.20 Å². The third kappa shape index (κ3) is 3.67. The Morgan fingerprint density at radius 1 is 1.50 bits per heavy atom. The number of likely N-dealkylation sites (N-methyl/N-ethyl adjacent to an activating group) is 1. The molecule has 22 heavy (non-hydrogen) atoms. The Morgan fingerprint density at radius 2 is 2.41 bits per heavy atom. The second kappa shape index (κ2) is 7.24. The lowest BCUT2D eigenvalue weighted by Crippen LogP contribution is -2.49. The number of carbonyl (C=O) groups excluding carboxylic acids is 1. The van der Waals surface area contributed by atoms with Crippen LogP contribution in [0.3, 0.4) is 0 Å². The molecule has 0 saturated carbocycles. The Balaban J connectivity index is 1.51. The number of imidazole rings is 1. The van der Waals surface area contributed by atoms with Gasteiger partial charge in [-0.05, 0) is 32.2 Å². The van der Waals surface area contributed by atoms with Crippen molar-refractivity contribution in [2.24, 2.45) is 5.92 Å². The zero-order valence-electron chi connectivity index (χ0n) is 13.3. The standard InChI is InChI=1S/C16H26N4O2/c1-19-8-9-20(11-14(19)16-17-6-7-18-16)15(21)5-4-13-3-2-10-22-12-13/h6-7,13-14H,2-5,8-12H2,1H3,(H,17,18)/t13-,14-/m0/s1. The monoisotopic (exact) mass is 306 g/mol. The van der Waals surface area contributed by atoms with Crippen molar-refractivity contribution in [3.05, 3.63) is 18.2 Å². The molecule has 0 spiro atoms. The van der Waals surface area contributed by atoms with Crippen LogP contribution in [-0.2, 0) is 9.53 Å². The van der Waals surface area contributed by atoms with E-state index >= 15 is 0 Å². The van der Waals surface area contributed by atoms with Crippen molar-refractivity contribution in [2.45, 2.75) is 31.7 Å². The molecule has 0 aliphatic carbocycles.